The van der Waals surface area contributed by atoms with Crippen LogP contribution in [0.25, 0.3) is 0 Å². The van der Waals surface area contributed by atoms with Gasteiger partial charge in [0.1, 0.15) is 4.21 Å². The minimum atomic E-state index is -3.40. The Kier molecular flexibility index (Phi) is 5.35. The third kappa shape index (κ3) is 4.25. The molecule has 0 spiro atoms. The molecule has 1 atom stereocenters. The Balaban J connectivity index is 1.99. The zero-order chi connectivity index (χ0) is 13.7. The lowest BCUT2D eigenvalue weighted by Crippen LogP contribution is -2.40. The number of thiophene rings is 1. The van der Waals surface area contributed by atoms with Crippen LogP contribution in [0.1, 0.15) is 17.7 Å². The lowest BCUT2D eigenvalue weighted by atomic mass is 10.1. The van der Waals surface area contributed by atoms with Crippen LogP contribution in [0.3, 0.4) is 0 Å². The molecule has 0 bridgehead atoms. The molecule has 1 unspecified atom stereocenters. The molecule has 1 saturated heterocycles. The summed E-state index contributed by atoms with van der Waals surface area (Å²) in [5, 5.41) is 3.05. The number of rotatable bonds is 6. The fraction of sp³-hybridized carbons (Fsp3) is 0.667. The van der Waals surface area contributed by atoms with Crippen LogP contribution >= 0.6 is 11.3 Å². The Morgan fingerprint density at radius 1 is 1.47 bits per heavy atom. The second-order valence-electron chi connectivity index (χ2n) is 4.61. The van der Waals surface area contributed by atoms with E-state index in [1.165, 1.54) is 11.3 Å². The monoisotopic (exact) mass is 304 g/mol. The van der Waals surface area contributed by atoms with Crippen molar-refractivity contribution in [3.05, 3.63) is 17.0 Å². The van der Waals surface area contributed by atoms with Gasteiger partial charge in [-0.15, -0.1) is 11.3 Å². The van der Waals surface area contributed by atoms with E-state index in [1.54, 1.807) is 6.07 Å². The summed E-state index contributed by atoms with van der Waals surface area (Å²) < 4.78 is 32.8. The fourth-order valence-corrected chi connectivity index (χ4v) is 4.62. The molecule has 0 aliphatic carbocycles. The molecule has 2 rings (SSSR count). The van der Waals surface area contributed by atoms with Crippen molar-refractivity contribution >= 4 is 21.4 Å². The van der Waals surface area contributed by atoms with E-state index >= 15 is 0 Å². The van der Waals surface area contributed by atoms with Gasteiger partial charge in [-0.25, -0.2) is 13.1 Å². The first kappa shape index (κ1) is 14.9. The van der Waals surface area contributed by atoms with E-state index in [0.717, 1.165) is 37.3 Å². The highest BCUT2D eigenvalue weighted by molar-refractivity contribution is 7.91. The van der Waals surface area contributed by atoms with E-state index in [9.17, 15) is 8.42 Å². The minimum absolute atomic E-state index is 0.0957. The molecule has 5 nitrogen and oxygen atoms in total. The van der Waals surface area contributed by atoms with E-state index in [-0.39, 0.29) is 6.04 Å². The molecule has 19 heavy (non-hydrogen) atoms. The van der Waals surface area contributed by atoms with Crippen LogP contribution in [0.5, 0.6) is 0 Å². The largest absolute Gasteiger partial charge is 0.380 e. The van der Waals surface area contributed by atoms with Gasteiger partial charge in [-0.1, -0.05) is 0 Å². The van der Waals surface area contributed by atoms with Gasteiger partial charge < -0.3 is 10.1 Å². The third-order valence-corrected chi connectivity index (χ3v) is 6.16. The van der Waals surface area contributed by atoms with Crippen molar-refractivity contribution in [3.8, 4) is 0 Å². The maximum absolute atomic E-state index is 12.2. The summed E-state index contributed by atoms with van der Waals surface area (Å²) in [5.41, 5.74) is 0. The molecule has 1 aliphatic rings. The van der Waals surface area contributed by atoms with Gasteiger partial charge in [0.05, 0.1) is 6.61 Å². The topological polar surface area (TPSA) is 67.4 Å². The highest BCUT2D eigenvalue weighted by atomic mass is 32.2. The molecule has 0 amide bonds. The van der Waals surface area contributed by atoms with Crippen LogP contribution in [-0.2, 0) is 21.2 Å². The van der Waals surface area contributed by atoms with Crippen molar-refractivity contribution in [1.29, 1.82) is 0 Å². The van der Waals surface area contributed by atoms with Gasteiger partial charge in [0.15, 0.2) is 0 Å². The normalized spacial score (nSPS) is 20.6. The molecule has 2 N–H and O–H groups in total. The van der Waals surface area contributed by atoms with E-state index < -0.39 is 10.0 Å². The van der Waals surface area contributed by atoms with Crippen molar-refractivity contribution in [1.82, 2.24) is 10.0 Å². The molecular weight excluding hydrogens is 284 g/mol. The highest BCUT2D eigenvalue weighted by Gasteiger charge is 2.23. The maximum atomic E-state index is 12.2. The van der Waals surface area contributed by atoms with Crippen molar-refractivity contribution in [3.63, 3.8) is 0 Å². The van der Waals surface area contributed by atoms with Gasteiger partial charge in [-0.2, -0.15) is 0 Å². The van der Waals surface area contributed by atoms with Crippen molar-refractivity contribution in [2.45, 2.75) is 29.5 Å². The maximum Gasteiger partial charge on any atom is 0.250 e. The Labute approximate surface area is 118 Å². The lowest BCUT2D eigenvalue weighted by Gasteiger charge is -2.22. The Hall–Kier alpha value is -0.470. The molecule has 2 heterocycles. The molecule has 1 aromatic rings. The summed E-state index contributed by atoms with van der Waals surface area (Å²) >= 11 is 1.34. The summed E-state index contributed by atoms with van der Waals surface area (Å²) in [6, 6.07) is 3.47. The third-order valence-electron chi connectivity index (χ3n) is 3.01. The SMILES string of the molecule is CNCCc1ccc(S(=O)(=O)NC2CCCOC2)s1. The van der Waals surface area contributed by atoms with E-state index in [0.29, 0.717) is 10.8 Å². The van der Waals surface area contributed by atoms with Crippen molar-refractivity contribution < 1.29 is 13.2 Å². The molecule has 0 aromatic carbocycles. The molecule has 1 aliphatic heterocycles. The second-order valence-corrected chi connectivity index (χ2v) is 7.72. The first-order chi connectivity index (χ1) is 9.12. The average Bonchev–Trinajstić information content (AvgIpc) is 2.86. The predicted octanol–water partition coefficient (Wildman–Crippen LogP) is 0.967. The summed E-state index contributed by atoms with van der Waals surface area (Å²) in [5.74, 6) is 0. The van der Waals surface area contributed by atoms with Crippen LogP contribution in [0.15, 0.2) is 16.3 Å². The first-order valence-corrected chi connectivity index (χ1v) is 8.75. The molecule has 0 saturated carbocycles. The van der Waals surface area contributed by atoms with Crippen molar-refractivity contribution in [2.75, 3.05) is 26.8 Å². The van der Waals surface area contributed by atoms with Gasteiger partial charge in [-0.3, -0.25) is 0 Å². The zero-order valence-corrected chi connectivity index (χ0v) is 12.6. The van der Waals surface area contributed by atoms with Gasteiger partial charge >= 0.3 is 0 Å². The second kappa shape index (κ2) is 6.81. The molecule has 1 aromatic heterocycles. The Bertz CT molecular complexity index is 493. The number of hydrogen-bond donors (Lipinski definition) is 2. The van der Waals surface area contributed by atoms with Gasteiger partial charge in [0, 0.05) is 17.5 Å². The van der Waals surface area contributed by atoms with E-state index in [4.69, 9.17) is 4.74 Å². The lowest BCUT2D eigenvalue weighted by molar-refractivity contribution is 0.0774. The van der Waals surface area contributed by atoms with E-state index in [1.807, 2.05) is 13.1 Å². The molecule has 1 fully saturated rings. The van der Waals surface area contributed by atoms with Crippen LogP contribution in [0, 0.1) is 0 Å². The van der Waals surface area contributed by atoms with Crippen LogP contribution in [0.2, 0.25) is 0 Å². The number of sulfonamides is 1. The van der Waals surface area contributed by atoms with E-state index in [2.05, 4.69) is 10.0 Å². The first-order valence-electron chi connectivity index (χ1n) is 6.45. The minimum Gasteiger partial charge on any atom is -0.380 e. The van der Waals surface area contributed by atoms with Gasteiger partial charge in [0.25, 0.3) is 0 Å². The van der Waals surface area contributed by atoms with Crippen LogP contribution in [0.4, 0.5) is 0 Å². The summed E-state index contributed by atoms with van der Waals surface area (Å²) in [6.07, 6.45) is 2.60. The highest BCUT2D eigenvalue weighted by Crippen LogP contribution is 2.22. The Morgan fingerprint density at radius 3 is 3.00 bits per heavy atom. The number of ether oxygens (including phenoxy) is 1. The predicted molar refractivity (Wildman–Crippen MR) is 76.1 cm³/mol. The zero-order valence-electron chi connectivity index (χ0n) is 11.0. The summed E-state index contributed by atoms with van der Waals surface area (Å²) in [4.78, 5) is 1.08. The molecular formula is C12H20N2O3S2. The fourth-order valence-electron chi connectivity index (χ4n) is 2.00. The summed E-state index contributed by atoms with van der Waals surface area (Å²) in [7, 11) is -1.51. The van der Waals surface area contributed by atoms with Gasteiger partial charge in [0.2, 0.25) is 10.0 Å². The molecule has 108 valence electrons. The van der Waals surface area contributed by atoms with Crippen LogP contribution in [-0.4, -0.2) is 41.3 Å². The summed E-state index contributed by atoms with van der Waals surface area (Å²) in [6.45, 7) is 2.05. The van der Waals surface area contributed by atoms with Crippen molar-refractivity contribution in [2.24, 2.45) is 0 Å². The number of likely N-dealkylation sites (N-methyl/N-ethyl adjacent to an activating group) is 1. The van der Waals surface area contributed by atoms with Gasteiger partial charge in [-0.05, 0) is 45.0 Å². The number of hydrogen-bond acceptors (Lipinski definition) is 5. The molecule has 7 heteroatoms. The number of nitrogens with one attached hydrogen (secondary N) is 2. The quantitative estimate of drug-likeness (QED) is 0.822. The molecule has 0 radical (unpaired) electrons. The Morgan fingerprint density at radius 2 is 2.32 bits per heavy atom. The average molecular weight is 304 g/mol. The smallest absolute Gasteiger partial charge is 0.250 e. The standard InChI is InChI=1S/C12H20N2O3S2/c1-13-7-6-11-4-5-12(18-11)19(15,16)14-10-3-2-8-17-9-10/h4-5,10,13-14H,2-3,6-9H2,1H3. The van der Waals surface area contributed by atoms with Crippen LogP contribution < -0.4 is 10.0 Å².